The summed E-state index contributed by atoms with van der Waals surface area (Å²) in [4.78, 5) is 54.0. The van der Waals surface area contributed by atoms with Crippen molar-refractivity contribution in [2.75, 3.05) is 19.1 Å². The van der Waals surface area contributed by atoms with Crippen molar-refractivity contribution in [3.05, 3.63) is 52.3 Å². The molecule has 218 valence electrons. The van der Waals surface area contributed by atoms with Crippen LogP contribution in [0.2, 0.25) is 0 Å². The van der Waals surface area contributed by atoms with Gasteiger partial charge in [0.2, 0.25) is 0 Å². The topological polar surface area (TPSA) is 127 Å². The predicted molar refractivity (Wildman–Crippen MR) is 148 cm³/mol. The van der Waals surface area contributed by atoms with Crippen LogP contribution < -0.4 is 9.64 Å². The van der Waals surface area contributed by atoms with Crippen molar-refractivity contribution in [1.29, 1.82) is 0 Å². The maximum Gasteiger partial charge on any atom is 0.514 e. The number of benzene rings is 2. The Morgan fingerprint density at radius 2 is 1.44 bits per heavy atom. The molecule has 0 spiro atoms. The zero-order valence-electron chi connectivity index (χ0n) is 24.3. The molecular weight excluding hydrogens is 534 g/mol. The Labute approximate surface area is 237 Å². The second-order valence-electron chi connectivity index (χ2n) is 11.4. The molecule has 0 saturated heterocycles. The lowest BCUT2D eigenvalue weighted by atomic mass is 9.85. The molecule has 11 heteroatoms. The molecule has 2 aromatic carbocycles. The summed E-state index contributed by atoms with van der Waals surface area (Å²) in [6, 6.07) is 6.74. The highest BCUT2D eigenvalue weighted by molar-refractivity contribution is 6.13. The second kappa shape index (κ2) is 10.8. The van der Waals surface area contributed by atoms with Crippen molar-refractivity contribution >= 4 is 41.6 Å². The SMILES string of the molecule is COC(=O)c1c2c(c3c(c1C(=O)OC)Oc1ccccc1N3C(=O)OC(C)(C)C)CCC(OC(=O)OC(C)(C)C)=C2. The summed E-state index contributed by atoms with van der Waals surface area (Å²) >= 11 is 0. The number of hydrogen-bond acceptors (Lipinski definition) is 10. The highest BCUT2D eigenvalue weighted by Gasteiger charge is 2.42. The molecular formula is C30H33NO10. The first kappa shape index (κ1) is 29.4. The molecule has 0 unspecified atom stereocenters. The second-order valence-corrected chi connectivity index (χ2v) is 11.4. The van der Waals surface area contributed by atoms with E-state index >= 15 is 0 Å². The van der Waals surface area contributed by atoms with Gasteiger partial charge in [0.25, 0.3) is 0 Å². The fourth-order valence-corrected chi connectivity index (χ4v) is 4.54. The summed E-state index contributed by atoms with van der Waals surface area (Å²) in [7, 11) is 2.33. The summed E-state index contributed by atoms with van der Waals surface area (Å²) in [5, 5.41) is 0. The molecule has 0 aromatic heterocycles. The molecule has 0 fully saturated rings. The van der Waals surface area contributed by atoms with Crippen LogP contribution in [-0.4, -0.2) is 49.6 Å². The van der Waals surface area contributed by atoms with Crippen LogP contribution in [0.4, 0.5) is 21.0 Å². The van der Waals surface area contributed by atoms with Gasteiger partial charge in [-0.3, -0.25) is 0 Å². The minimum atomic E-state index is -0.925. The van der Waals surface area contributed by atoms with Crippen molar-refractivity contribution in [2.45, 2.75) is 65.6 Å². The molecule has 0 atom stereocenters. The number of carbonyl (C=O) groups is 4. The Balaban J connectivity index is 2.03. The molecule has 0 saturated carbocycles. The van der Waals surface area contributed by atoms with E-state index in [-0.39, 0.29) is 52.5 Å². The maximum atomic E-state index is 13.7. The summed E-state index contributed by atoms with van der Waals surface area (Å²) in [6.07, 6.45) is 0.211. The standard InChI is InChI=1S/C30H33NO10/c1-29(2,3)40-27(34)31-19-11-9-10-12-20(19)39-24-22(26(33)37-8)21(25(32)36-7)18-15-16(13-14-17(18)23(24)31)38-28(35)41-30(4,5)6/h9-12,15H,13-14H2,1-8H3. The Morgan fingerprint density at radius 1 is 0.829 bits per heavy atom. The van der Waals surface area contributed by atoms with E-state index in [1.54, 1.807) is 65.8 Å². The van der Waals surface area contributed by atoms with Crippen LogP contribution in [-0.2, 0) is 30.1 Å². The van der Waals surface area contributed by atoms with E-state index in [9.17, 15) is 19.2 Å². The highest BCUT2D eigenvalue weighted by Crippen LogP contribution is 2.54. The van der Waals surface area contributed by atoms with Gasteiger partial charge in [0, 0.05) is 6.42 Å². The van der Waals surface area contributed by atoms with Crippen LogP contribution in [0.15, 0.2) is 30.0 Å². The Bertz CT molecular complexity index is 1460. The fraction of sp³-hybridized carbons (Fsp3) is 0.400. The largest absolute Gasteiger partial charge is 0.514 e. The first-order valence-electron chi connectivity index (χ1n) is 13.0. The third kappa shape index (κ3) is 5.98. The van der Waals surface area contributed by atoms with Crippen molar-refractivity contribution in [1.82, 2.24) is 0 Å². The number of amides is 1. The van der Waals surface area contributed by atoms with Crippen LogP contribution in [0.1, 0.15) is 79.8 Å². The normalized spacial score (nSPS) is 13.9. The molecule has 2 aliphatic rings. The average Bonchev–Trinajstić information content (AvgIpc) is 2.87. The van der Waals surface area contributed by atoms with Crippen LogP contribution in [0.3, 0.4) is 0 Å². The number of fused-ring (bicyclic) bond motifs is 4. The molecule has 11 nitrogen and oxygen atoms in total. The Hall–Kier alpha value is -4.54. The van der Waals surface area contributed by atoms with Gasteiger partial charge < -0.3 is 28.4 Å². The van der Waals surface area contributed by atoms with E-state index in [1.165, 1.54) is 18.1 Å². The van der Waals surface area contributed by atoms with Gasteiger partial charge in [0.1, 0.15) is 22.5 Å². The number of hydrogen-bond donors (Lipinski definition) is 0. The van der Waals surface area contributed by atoms with Gasteiger partial charge in [-0.25, -0.2) is 24.1 Å². The third-order valence-corrected chi connectivity index (χ3v) is 6.00. The lowest BCUT2D eigenvalue weighted by molar-refractivity contribution is 0.00561. The van der Waals surface area contributed by atoms with E-state index in [0.29, 0.717) is 11.3 Å². The smallest absolute Gasteiger partial charge is 0.465 e. The highest BCUT2D eigenvalue weighted by atomic mass is 16.7. The van der Waals surface area contributed by atoms with Crippen LogP contribution in [0.5, 0.6) is 11.5 Å². The average molecular weight is 568 g/mol. The van der Waals surface area contributed by atoms with Gasteiger partial charge in [-0.2, -0.15) is 0 Å². The maximum absolute atomic E-state index is 13.7. The van der Waals surface area contributed by atoms with E-state index in [4.69, 9.17) is 28.4 Å². The van der Waals surface area contributed by atoms with Gasteiger partial charge in [0.15, 0.2) is 11.5 Å². The zero-order valence-corrected chi connectivity index (χ0v) is 24.3. The van der Waals surface area contributed by atoms with E-state index in [1.807, 2.05) is 0 Å². The lowest BCUT2D eigenvalue weighted by Crippen LogP contribution is -2.37. The van der Waals surface area contributed by atoms with E-state index in [0.717, 1.165) is 7.11 Å². The molecule has 1 amide bonds. The molecule has 0 radical (unpaired) electrons. The summed E-state index contributed by atoms with van der Waals surface area (Å²) in [5.74, 6) is -1.38. The van der Waals surface area contributed by atoms with Crippen LogP contribution in [0.25, 0.3) is 6.08 Å². The van der Waals surface area contributed by atoms with Crippen molar-refractivity contribution in [3.8, 4) is 11.5 Å². The number of anilines is 2. The number of para-hydroxylation sites is 2. The minimum Gasteiger partial charge on any atom is -0.465 e. The number of esters is 2. The van der Waals surface area contributed by atoms with Crippen molar-refractivity contribution in [2.24, 2.45) is 0 Å². The molecule has 0 bridgehead atoms. The molecule has 4 rings (SSSR count). The Morgan fingerprint density at radius 3 is 2.05 bits per heavy atom. The Kier molecular flexibility index (Phi) is 7.75. The number of rotatable bonds is 3. The molecule has 1 heterocycles. The van der Waals surface area contributed by atoms with Gasteiger partial charge in [-0.15, -0.1) is 0 Å². The quantitative estimate of drug-likeness (QED) is 0.293. The summed E-state index contributed by atoms with van der Waals surface area (Å²) in [6.45, 7) is 10.3. The molecule has 1 aliphatic carbocycles. The van der Waals surface area contributed by atoms with E-state index < -0.39 is 35.4 Å². The van der Waals surface area contributed by atoms with Crippen LogP contribution in [0, 0.1) is 0 Å². The van der Waals surface area contributed by atoms with Gasteiger partial charge >= 0.3 is 24.2 Å². The van der Waals surface area contributed by atoms with Gasteiger partial charge in [-0.1, -0.05) is 12.1 Å². The summed E-state index contributed by atoms with van der Waals surface area (Å²) < 4.78 is 32.8. The fourth-order valence-electron chi connectivity index (χ4n) is 4.54. The number of methoxy groups -OCH3 is 2. The van der Waals surface area contributed by atoms with Gasteiger partial charge in [0.05, 0.1) is 31.2 Å². The zero-order chi connectivity index (χ0) is 30.3. The first-order valence-corrected chi connectivity index (χ1v) is 13.0. The van der Waals surface area contributed by atoms with Crippen molar-refractivity contribution < 1.29 is 47.6 Å². The third-order valence-electron chi connectivity index (χ3n) is 6.00. The minimum absolute atomic E-state index is 0.0644. The number of allylic oxidation sites excluding steroid dienone is 1. The summed E-state index contributed by atoms with van der Waals surface area (Å²) in [5.41, 5.74) is -0.811. The number of nitrogens with zero attached hydrogens (tertiary/aromatic N) is 1. The number of ether oxygens (including phenoxy) is 6. The van der Waals surface area contributed by atoms with Gasteiger partial charge in [-0.05, 0) is 77.3 Å². The van der Waals surface area contributed by atoms with Crippen molar-refractivity contribution in [3.63, 3.8) is 0 Å². The van der Waals surface area contributed by atoms with E-state index in [2.05, 4.69) is 0 Å². The first-order chi connectivity index (χ1) is 19.1. The molecule has 2 aromatic rings. The predicted octanol–water partition coefficient (Wildman–Crippen LogP) is 6.68. The van der Waals surface area contributed by atoms with Crippen LogP contribution >= 0.6 is 0 Å². The molecule has 0 N–H and O–H groups in total. The number of carbonyl (C=O) groups excluding carboxylic acids is 4. The monoisotopic (exact) mass is 567 g/mol. The molecule has 1 aliphatic heterocycles. The molecule has 41 heavy (non-hydrogen) atoms. The lowest BCUT2D eigenvalue weighted by Gasteiger charge is -2.36.